The number of fused-ring (bicyclic) bond motifs is 1. The molecule has 0 saturated carbocycles. The van der Waals surface area contributed by atoms with Crippen LogP contribution in [0.2, 0.25) is 0 Å². The minimum atomic E-state index is 0.236. The molecule has 0 unspecified atom stereocenters. The smallest absolute Gasteiger partial charge is 0.259 e. The minimum Gasteiger partial charge on any atom is -0.415 e. The summed E-state index contributed by atoms with van der Waals surface area (Å²) in [5.41, 5.74) is 3.17. The summed E-state index contributed by atoms with van der Waals surface area (Å²) < 4.78 is 11.3. The Morgan fingerprint density at radius 1 is 0.900 bits per heavy atom. The van der Waals surface area contributed by atoms with Gasteiger partial charge < -0.3 is 8.94 Å². The van der Waals surface area contributed by atoms with Gasteiger partial charge in [0.2, 0.25) is 0 Å². The van der Waals surface area contributed by atoms with Gasteiger partial charge in [0, 0.05) is 5.56 Å². The van der Waals surface area contributed by atoms with Gasteiger partial charge in [-0.05, 0) is 35.4 Å². The van der Waals surface area contributed by atoms with E-state index in [1.54, 1.807) is 0 Å². The number of aryl methyl sites for hydroxylation is 1. The summed E-state index contributed by atoms with van der Waals surface area (Å²) in [5, 5.41) is 15.1. The molecular formula is C24H16ClN3O2. The van der Waals surface area contributed by atoms with E-state index < -0.39 is 0 Å². The summed E-state index contributed by atoms with van der Waals surface area (Å²) in [6.07, 6.45) is 1.81. The number of aromatic nitrogens is 3. The van der Waals surface area contributed by atoms with Crippen LogP contribution in [0.1, 0.15) is 17.2 Å². The Kier molecular flexibility index (Phi) is 4.65. The molecule has 0 aliphatic heterocycles. The third kappa shape index (κ3) is 3.40. The normalized spacial score (nSPS) is 11.9. The second kappa shape index (κ2) is 7.61. The highest BCUT2D eigenvalue weighted by atomic mass is 35.5. The lowest BCUT2D eigenvalue weighted by Crippen LogP contribution is -1.84. The summed E-state index contributed by atoms with van der Waals surface area (Å²) >= 11 is 6.49. The van der Waals surface area contributed by atoms with Crippen LogP contribution in [-0.2, 0) is 0 Å². The van der Waals surface area contributed by atoms with E-state index in [9.17, 15) is 0 Å². The Balaban J connectivity index is 1.50. The number of nitrogens with zero attached hydrogens (tertiary/aromatic N) is 3. The highest BCUT2D eigenvalue weighted by Crippen LogP contribution is 2.34. The third-order valence-corrected chi connectivity index (χ3v) is 5.09. The molecule has 0 saturated heterocycles. The minimum absolute atomic E-state index is 0.236. The molecule has 2 heterocycles. The molecule has 3 aromatic carbocycles. The van der Waals surface area contributed by atoms with Crippen LogP contribution < -0.4 is 0 Å². The van der Waals surface area contributed by atoms with Crippen LogP contribution >= 0.6 is 11.6 Å². The van der Waals surface area contributed by atoms with Gasteiger partial charge in [0.15, 0.2) is 0 Å². The van der Waals surface area contributed by atoms with Crippen LogP contribution in [0.5, 0.6) is 0 Å². The number of benzene rings is 3. The number of hydrogen-bond acceptors (Lipinski definition) is 5. The van der Waals surface area contributed by atoms with E-state index in [4.69, 9.17) is 20.5 Å². The van der Waals surface area contributed by atoms with Gasteiger partial charge in [-0.15, -0.1) is 10.2 Å². The zero-order chi connectivity index (χ0) is 20.5. The standard InChI is InChI=1S/C24H16ClN3O2/c1-15-21(22(28-30-15)18-8-3-2-4-9-18)24-27-26-23(29-24)20(25)14-16-11-12-17-7-5-6-10-19(17)13-16/h2-14H,1H3/b20-14-. The van der Waals surface area contributed by atoms with E-state index in [1.165, 1.54) is 5.39 Å². The van der Waals surface area contributed by atoms with Crippen molar-refractivity contribution in [3.63, 3.8) is 0 Å². The fourth-order valence-electron chi connectivity index (χ4n) is 3.34. The summed E-state index contributed by atoms with van der Waals surface area (Å²) in [6.45, 7) is 1.81. The van der Waals surface area contributed by atoms with Crippen LogP contribution in [0, 0.1) is 6.92 Å². The van der Waals surface area contributed by atoms with E-state index in [1.807, 2.05) is 61.5 Å². The first kappa shape index (κ1) is 18.3. The van der Waals surface area contributed by atoms with Crippen LogP contribution in [0.25, 0.3) is 44.6 Å². The van der Waals surface area contributed by atoms with Crippen molar-refractivity contribution < 1.29 is 8.94 Å². The molecule has 0 spiro atoms. The van der Waals surface area contributed by atoms with Gasteiger partial charge in [-0.2, -0.15) is 0 Å². The van der Waals surface area contributed by atoms with E-state index in [2.05, 4.69) is 39.6 Å². The molecule has 0 N–H and O–H groups in total. The lowest BCUT2D eigenvalue weighted by molar-refractivity contribution is 0.399. The predicted molar refractivity (Wildman–Crippen MR) is 118 cm³/mol. The quantitative estimate of drug-likeness (QED) is 0.332. The van der Waals surface area contributed by atoms with Gasteiger partial charge in [0.25, 0.3) is 11.8 Å². The van der Waals surface area contributed by atoms with Crippen molar-refractivity contribution in [3.8, 4) is 22.7 Å². The topological polar surface area (TPSA) is 65.0 Å². The second-order valence-corrected chi connectivity index (χ2v) is 7.25. The Labute approximate surface area is 177 Å². The van der Waals surface area contributed by atoms with Gasteiger partial charge in [-0.1, -0.05) is 83.5 Å². The SMILES string of the molecule is Cc1onc(-c2ccccc2)c1-c1nnc(/C(Cl)=C/c2ccc3ccccc3c2)o1. The van der Waals surface area contributed by atoms with Gasteiger partial charge in [-0.3, -0.25) is 0 Å². The molecule has 5 nitrogen and oxygen atoms in total. The highest BCUT2D eigenvalue weighted by Gasteiger charge is 2.22. The van der Waals surface area contributed by atoms with Gasteiger partial charge >= 0.3 is 0 Å². The summed E-state index contributed by atoms with van der Waals surface area (Å²) in [4.78, 5) is 0. The molecule has 5 rings (SSSR count). The average molecular weight is 414 g/mol. The maximum atomic E-state index is 6.49. The maximum Gasteiger partial charge on any atom is 0.259 e. The van der Waals surface area contributed by atoms with E-state index in [0.29, 0.717) is 27.9 Å². The van der Waals surface area contributed by atoms with Gasteiger partial charge in [0.1, 0.15) is 22.0 Å². The third-order valence-electron chi connectivity index (χ3n) is 4.82. The highest BCUT2D eigenvalue weighted by molar-refractivity contribution is 6.50. The van der Waals surface area contributed by atoms with Crippen molar-refractivity contribution in [3.05, 3.63) is 90.0 Å². The van der Waals surface area contributed by atoms with Gasteiger partial charge in [0.05, 0.1) is 0 Å². The summed E-state index contributed by atoms with van der Waals surface area (Å²) in [6, 6.07) is 24.0. The van der Waals surface area contributed by atoms with Crippen LogP contribution in [-0.4, -0.2) is 15.4 Å². The van der Waals surface area contributed by atoms with Gasteiger partial charge in [-0.25, -0.2) is 0 Å². The Hall–Kier alpha value is -3.70. The molecule has 0 atom stereocenters. The number of rotatable bonds is 4. The van der Waals surface area contributed by atoms with Crippen LogP contribution in [0.4, 0.5) is 0 Å². The van der Waals surface area contributed by atoms with Crippen molar-refractivity contribution in [2.75, 3.05) is 0 Å². The molecule has 0 fully saturated rings. The first-order valence-corrected chi connectivity index (χ1v) is 9.79. The molecule has 30 heavy (non-hydrogen) atoms. The van der Waals surface area contributed by atoms with Crippen molar-refractivity contribution in [1.29, 1.82) is 0 Å². The van der Waals surface area contributed by atoms with Crippen molar-refractivity contribution in [2.24, 2.45) is 0 Å². The summed E-state index contributed by atoms with van der Waals surface area (Å²) in [5.74, 6) is 1.14. The lowest BCUT2D eigenvalue weighted by atomic mass is 10.1. The zero-order valence-electron chi connectivity index (χ0n) is 16.0. The predicted octanol–water partition coefficient (Wildman–Crippen LogP) is 6.59. The van der Waals surface area contributed by atoms with Crippen molar-refractivity contribution in [2.45, 2.75) is 6.92 Å². The molecule has 0 aliphatic carbocycles. The average Bonchev–Trinajstić information content (AvgIpc) is 3.41. The lowest BCUT2D eigenvalue weighted by Gasteiger charge is -2.00. The molecule has 0 aliphatic rings. The first-order chi connectivity index (χ1) is 14.7. The Morgan fingerprint density at radius 3 is 2.50 bits per heavy atom. The molecule has 146 valence electrons. The Morgan fingerprint density at radius 2 is 1.67 bits per heavy atom. The monoisotopic (exact) mass is 413 g/mol. The fraction of sp³-hybridized carbons (Fsp3) is 0.0417. The fourth-order valence-corrected chi connectivity index (χ4v) is 3.55. The molecule has 5 aromatic rings. The largest absolute Gasteiger partial charge is 0.415 e. The molecule has 0 radical (unpaired) electrons. The number of halogens is 1. The molecular weight excluding hydrogens is 398 g/mol. The molecule has 6 heteroatoms. The van der Waals surface area contributed by atoms with Crippen LogP contribution in [0.3, 0.4) is 0 Å². The first-order valence-electron chi connectivity index (χ1n) is 9.41. The Bertz CT molecular complexity index is 1370. The molecule has 2 aromatic heterocycles. The van der Waals surface area contributed by atoms with Crippen molar-refractivity contribution >= 4 is 33.5 Å². The molecule has 0 bridgehead atoms. The van der Waals surface area contributed by atoms with Crippen molar-refractivity contribution in [1.82, 2.24) is 15.4 Å². The van der Waals surface area contributed by atoms with E-state index in [0.717, 1.165) is 16.5 Å². The number of hydrogen-bond donors (Lipinski definition) is 0. The van der Waals surface area contributed by atoms with Crippen LogP contribution in [0.15, 0.2) is 81.7 Å². The van der Waals surface area contributed by atoms with E-state index >= 15 is 0 Å². The van der Waals surface area contributed by atoms with E-state index in [-0.39, 0.29) is 5.89 Å². The zero-order valence-corrected chi connectivity index (χ0v) is 16.8. The maximum absolute atomic E-state index is 6.49. The summed E-state index contributed by atoms with van der Waals surface area (Å²) in [7, 11) is 0. The second-order valence-electron chi connectivity index (χ2n) is 6.84. The molecule has 0 amide bonds.